The zero-order valence-electron chi connectivity index (χ0n) is 14.8. The second-order valence-electron chi connectivity index (χ2n) is 6.64. The van der Waals surface area contributed by atoms with Crippen LogP contribution in [0.15, 0.2) is 72.3 Å². The summed E-state index contributed by atoms with van der Waals surface area (Å²) >= 11 is 0. The third-order valence-corrected chi connectivity index (χ3v) is 4.52. The number of benzene rings is 2. The second kappa shape index (κ2) is 8.79. The summed E-state index contributed by atoms with van der Waals surface area (Å²) in [6.45, 7) is 0.358. The average Bonchev–Trinajstić information content (AvgIpc) is 3.00. The van der Waals surface area contributed by atoms with Crippen molar-refractivity contribution < 1.29 is 19.4 Å². The van der Waals surface area contributed by atoms with Gasteiger partial charge in [0.25, 0.3) is 0 Å². The van der Waals surface area contributed by atoms with Gasteiger partial charge in [-0.2, -0.15) is 0 Å². The summed E-state index contributed by atoms with van der Waals surface area (Å²) in [5.74, 6) is -0.351. The van der Waals surface area contributed by atoms with Gasteiger partial charge in [-0.05, 0) is 24.0 Å². The maximum Gasteiger partial charge on any atom is 0.334 e. The van der Waals surface area contributed by atoms with Crippen molar-refractivity contribution in [2.75, 3.05) is 13.2 Å². The molecule has 1 heterocycles. The highest BCUT2D eigenvalue weighted by Gasteiger charge is 2.43. The third-order valence-electron chi connectivity index (χ3n) is 4.52. The second-order valence-corrected chi connectivity index (χ2v) is 6.64. The molecular formula is C22H24O4. The molecule has 0 aromatic heterocycles. The van der Waals surface area contributed by atoms with Crippen molar-refractivity contribution in [1.29, 1.82) is 0 Å². The number of aryl methyl sites for hydroxylation is 1. The Morgan fingerprint density at radius 2 is 1.69 bits per heavy atom. The van der Waals surface area contributed by atoms with Crippen molar-refractivity contribution in [3.05, 3.63) is 83.4 Å². The predicted octanol–water partition coefficient (Wildman–Crippen LogP) is 3.44. The maximum absolute atomic E-state index is 12.2. The lowest BCUT2D eigenvalue weighted by atomic mass is 9.98. The van der Waals surface area contributed by atoms with Gasteiger partial charge in [-0.3, -0.25) is 0 Å². The van der Waals surface area contributed by atoms with Crippen LogP contribution >= 0.6 is 0 Å². The monoisotopic (exact) mass is 352 g/mol. The molecule has 136 valence electrons. The molecule has 0 saturated carbocycles. The Balaban J connectivity index is 1.54. The summed E-state index contributed by atoms with van der Waals surface area (Å²) in [5, 5.41) is 9.77. The average molecular weight is 352 g/mol. The molecule has 4 nitrogen and oxygen atoms in total. The summed E-state index contributed by atoms with van der Waals surface area (Å²) in [4.78, 5) is 12.2. The largest absolute Gasteiger partial charge is 0.450 e. The summed E-state index contributed by atoms with van der Waals surface area (Å²) in [5.41, 5.74) is 1.93. The highest BCUT2D eigenvalue weighted by Crippen LogP contribution is 2.31. The van der Waals surface area contributed by atoms with E-state index >= 15 is 0 Å². The number of carbonyl (C=O) groups excluding carboxylic acids is 1. The zero-order valence-corrected chi connectivity index (χ0v) is 14.8. The van der Waals surface area contributed by atoms with E-state index in [9.17, 15) is 9.90 Å². The molecule has 0 spiro atoms. The number of carbonyl (C=O) groups is 1. The minimum absolute atomic E-state index is 0.181. The van der Waals surface area contributed by atoms with Gasteiger partial charge in [0.15, 0.2) is 5.60 Å². The van der Waals surface area contributed by atoms with Crippen LogP contribution in [0.4, 0.5) is 0 Å². The molecule has 1 saturated heterocycles. The molecule has 0 radical (unpaired) electrons. The standard InChI is InChI=1S/C22H24O4/c23-16-22(17-25-15-19-10-5-2-6-11-19)14-20(21(24)26-22)13-7-12-18-8-3-1-4-9-18/h1-6,8-11,13,23H,7,12,14-17H2/b20-13+. The number of hydrogen-bond donors (Lipinski definition) is 1. The molecule has 1 unspecified atom stereocenters. The summed E-state index contributed by atoms with van der Waals surface area (Å²) in [7, 11) is 0. The van der Waals surface area contributed by atoms with Gasteiger partial charge in [0, 0.05) is 12.0 Å². The van der Waals surface area contributed by atoms with Crippen LogP contribution in [0, 0.1) is 0 Å². The molecule has 2 aromatic carbocycles. The van der Waals surface area contributed by atoms with Crippen molar-refractivity contribution in [2.45, 2.75) is 31.5 Å². The summed E-state index contributed by atoms with van der Waals surface area (Å²) < 4.78 is 11.2. The first-order chi connectivity index (χ1) is 12.7. The fourth-order valence-electron chi connectivity index (χ4n) is 3.07. The molecule has 0 aliphatic carbocycles. The number of aliphatic hydroxyl groups is 1. The first kappa shape index (κ1) is 18.4. The van der Waals surface area contributed by atoms with Crippen LogP contribution in [0.5, 0.6) is 0 Å². The number of cyclic esters (lactones) is 1. The van der Waals surface area contributed by atoms with Gasteiger partial charge in [-0.1, -0.05) is 66.7 Å². The highest BCUT2D eigenvalue weighted by molar-refractivity contribution is 5.91. The third kappa shape index (κ3) is 4.81. The van der Waals surface area contributed by atoms with E-state index in [0.29, 0.717) is 18.6 Å². The lowest BCUT2D eigenvalue weighted by Crippen LogP contribution is -2.38. The van der Waals surface area contributed by atoms with Gasteiger partial charge >= 0.3 is 5.97 Å². The molecule has 1 aliphatic heterocycles. The molecule has 3 rings (SSSR count). The Bertz CT molecular complexity index is 739. The van der Waals surface area contributed by atoms with Crippen LogP contribution in [0.2, 0.25) is 0 Å². The molecule has 1 N–H and O–H groups in total. The SMILES string of the molecule is O=C1OC(CO)(COCc2ccccc2)C/C1=C\CCc1ccccc1. The number of esters is 1. The van der Waals surface area contributed by atoms with E-state index in [-0.39, 0.29) is 19.2 Å². The van der Waals surface area contributed by atoms with Crippen LogP contribution in [0.3, 0.4) is 0 Å². The number of rotatable bonds is 8. The lowest BCUT2D eigenvalue weighted by Gasteiger charge is -2.24. The fraction of sp³-hybridized carbons (Fsp3) is 0.318. The van der Waals surface area contributed by atoms with Crippen LogP contribution in [-0.4, -0.2) is 29.9 Å². The van der Waals surface area contributed by atoms with Crippen molar-refractivity contribution in [3.63, 3.8) is 0 Å². The number of hydrogen-bond acceptors (Lipinski definition) is 4. The van der Waals surface area contributed by atoms with Crippen molar-refractivity contribution in [3.8, 4) is 0 Å². The van der Waals surface area contributed by atoms with Gasteiger partial charge < -0.3 is 14.6 Å². The summed E-state index contributed by atoms with van der Waals surface area (Å²) in [6.07, 6.45) is 3.94. The quantitative estimate of drug-likeness (QED) is 0.584. The van der Waals surface area contributed by atoms with Crippen molar-refractivity contribution >= 4 is 5.97 Å². The van der Waals surface area contributed by atoms with E-state index in [1.54, 1.807) is 0 Å². The number of aliphatic hydroxyl groups excluding tert-OH is 1. The van der Waals surface area contributed by atoms with E-state index in [4.69, 9.17) is 9.47 Å². The Morgan fingerprint density at radius 1 is 1.04 bits per heavy atom. The van der Waals surface area contributed by atoms with E-state index in [1.165, 1.54) is 5.56 Å². The molecule has 2 aromatic rings. The fourth-order valence-corrected chi connectivity index (χ4v) is 3.07. The van der Waals surface area contributed by atoms with Gasteiger partial charge in [0.05, 0.1) is 19.8 Å². The minimum Gasteiger partial charge on any atom is -0.450 e. The summed E-state index contributed by atoms with van der Waals surface area (Å²) in [6, 6.07) is 19.9. The lowest BCUT2D eigenvalue weighted by molar-refractivity contribution is -0.157. The van der Waals surface area contributed by atoms with Crippen LogP contribution < -0.4 is 0 Å². The molecule has 1 fully saturated rings. The van der Waals surface area contributed by atoms with Crippen LogP contribution in [-0.2, 0) is 27.3 Å². The van der Waals surface area contributed by atoms with Gasteiger partial charge in [0.1, 0.15) is 0 Å². The highest BCUT2D eigenvalue weighted by atomic mass is 16.6. The zero-order chi connectivity index (χ0) is 18.2. The minimum atomic E-state index is -0.968. The van der Waals surface area contributed by atoms with Gasteiger partial charge in [0.2, 0.25) is 0 Å². The molecule has 1 aliphatic rings. The van der Waals surface area contributed by atoms with Crippen LogP contribution in [0.25, 0.3) is 0 Å². The molecule has 0 bridgehead atoms. The first-order valence-electron chi connectivity index (χ1n) is 8.90. The Hall–Kier alpha value is -2.43. The molecular weight excluding hydrogens is 328 g/mol. The van der Waals surface area contributed by atoms with Crippen molar-refractivity contribution in [1.82, 2.24) is 0 Å². The normalized spacial score (nSPS) is 21.1. The first-order valence-corrected chi connectivity index (χ1v) is 8.90. The van der Waals surface area contributed by atoms with E-state index in [1.807, 2.05) is 54.6 Å². The Kier molecular flexibility index (Phi) is 6.21. The van der Waals surface area contributed by atoms with Crippen LogP contribution in [0.1, 0.15) is 24.0 Å². The molecule has 4 heteroatoms. The molecule has 1 atom stereocenters. The molecule has 26 heavy (non-hydrogen) atoms. The molecule has 0 amide bonds. The van der Waals surface area contributed by atoms with Gasteiger partial charge in [-0.15, -0.1) is 0 Å². The smallest absolute Gasteiger partial charge is 0.334 e. The topological polar surface area (TPSA) is 55.8 Å². The van der Waals surface area contributed by atoms with E-state index < -0.39 is 5.60 Å². The van der Waals surface area contributed by atoms with E-state index in [0.717, 1.165) is 18.4 Å². The predicted molar refractivity (Wildman–Crippen MR) is 99.5 cm³/mol. The number of allylic oxidation sites excluding steroid dienone is 1. The Labute approximate surface area is 154 Å². The van der Waals surface area contributed by atoms with Crippen molar-refractivity contribution in [2.24, 2.45) is 0 Å². The van der Waals surface area contributed by atoms with E-state index in [2.05, 4.69) is 12.1 Å². The van der Waals surface area contributed by atoms with Gasteiger partial charge in [-0.25, -0.2) is 4.79 Å². The maximum atomic E-state index is 12.2. The number of ether oxygens (including phenoxy) is 2. The Morgan fingerprint density at radius 3 is 2.35 bits per heavy atom.